The van der Waals surface area contributed by atoms with E-state index in [1.165, 1.54) is 6.07 Å². The predicted molar refractivity (Wildman–Crippen MR) is 171 cm³/mol. The molecule has 0 fully saturated rings. The molecule has 7 nitrogen and oxygen atoms in total. The molecular weight excluding hydrogens is 949 g/mol. The van der Waals surface area contributed by atoms with Gasteiger partial charge in [-0.25, -0.2) is 9.97 Å². The quantitative estimate of drug-likeness (QED) is 0.149. The Morgan fingerprint density at radius 1 is 0.489 bits per heavy atom. The predicted octanol–water partition coefficient (Wildman–Crippen LogP) is 8.48. The first-order valence-electron chi connectivity index (χ1n) is 14.6. The van der Waals surface area contributed by atoms with E-state index in [2.05, 4.69) is 44.2 Å². The van der Waals surface area contributed by atoms with Gasteiger partial charge in [0.05, 0.1) is 1.37 Å². The van der Waals surface area contributed by atoms with Crippen LogP contribution in [0.4, 0.5) is 0 Å². The van der Waals surface area contributed by atoms with E-state index < -0.39 is 0 Å². The van der Waals surface area contributed by atoms with Gasteiger partial charge in [0.1, 0.15) is 0 Å². The third-order valence-electron chi connectivity index (χ3n) is 7.10. The molecule has 0 aliphatic heterocycles. The Morgan fingerprint density at radius 3 is 1.49 bits per heavy atom. The molecule has 230 valence electrons. The third kappa shape index (κ3) is 6.64. The number of pyridine rings is 2. The fraction of sp³-hybridized carbons (Fsp3) is 0. The maximum atomic E-state index is 8.17. The summed E-state index contributed by atoms with van der Waals surface area (Å²) in [6.07, 6.45) is 5.13. The van der Waals surface area contributed by atoms with E-state index in [1.807, 2.05) is 102 Å². The smallest absolute Gasteiger partial charge is 0.503 e. The van der Waals surface area contributed by atoms with Crippen LogP contribution in [0, 0.1) is 24.3 Å². The minimum Gasteiger partial charge on any atom is -0.503 e. The van der Waals surface area contributed by atoms with Crippen LogP contribution in [-0.2, 0) is 42.1 Å². The van der Waals surface area contributed by atoms with Gasteiger partial charge in [-0.3, -0.25) is 0 Å². The molecular formula is C38H21N5O2Pt2. The summed E-state index contributed by atoms with van der Waals surface area (Å²) in [5.41, 5.74) is 4.56. The van der Waals surface area contributed by atoms with Crippen LogP contribution >= 0.6 is 0 Å². The molecule has 9 heteroatoms. The topological polar surface area (TPSA) is 75.0 Å². The van der Waals surface area contributed by atoms with E-state index in [1.54, 1.807) is 18.6 Å². The molecule has 0 amide bonds. The van der Waals surface area contributed by atoms with Crippen LogP contribution in [0.1, 0.15) is 1.37 Å². The average Bonchev–Trinajstić information content (AvgIpc) is 3.42. The first kappa shape index (κ1) is 30.7. The number of ether oxygens (including phenoxy) is 2. The molecule has 0 atom stereocenters. The molecule has 0 aliphatic rings. The van der Waals surface area contributed by atoms with Crippen LogP contribution in [0.5, 0.6) is 23.0 Å². The summed E-state index contributed by atoms with van der Waals surface area (Å²) in [5.74, 6) is 2.31. The van der Waals surface area contributed by atoms with Crippen LogP contribution in [0.3, 0.4) is 0 Å². The van der Waals surface area contributed by atoms with Gasteiger partial charge in [-0.15, -0.1) is 71.8 Å². The third-order valence-corrected chi connectivity index (χ3v) is 7.10. The summed E-state index contributed by atoms with van der Waals surface area (Å²) < 4.78 is 22.4. The van der Waals surface area contributed by atoms with E-state index in [9.17, 15) is 0 Å². The maximum Gasteiger partial charge on any atom is 2.00 e. The first-order valence-corrected chi connectivity index (χ1v) is 14.1. The summed E-state index contributed by atoms with van der Waals surface area (Å²) in [4.78, 5) is 17.7. The molecule has 0 aliphatic carbocycles. The van der Waals surface area contributed by atoms with Crippen molar-refractivity contribution in [2.24, 2.45) is 0 Å². The van der Waals surface area contributed by atoms with Crippen molar-refractivity contribution >= 4 is 21.8 Å². The van der Waals surface area contributed by atoms with Gasteiger partial charge in [0, 0.05) is 47.8 Å². The Labute approximate surface area is 301 Å². The van der Waals surface area contributed by atoms with Gasteiger partial charge in [0.2, 0.25) is 5.95 Å². The monoisotopic (exact) mass is 970 g/mol. The molecule has 0 bridgehead atoms. The number of aromatic nitrogens is 5. The van der Waals surface area contributed by atoms with Crippen LogP contribution in [0.15, 0.2) is 128 Å². The Kier molecular flexibility index (Phi) is 9.28. The van der Waals surface area contributed by atoms with Crippen molar-refractivity contribution in [3.05, 3.63) is 152 Å². The molecule has 8 rings (SSSR count). The maximum absolute atomic E-state index is 8.17. The second kappa shape index (κ2) is 14.2. The molecule has 0 N–H and O–H groups in total. The summed E-state index contributed by atoms with van der Waals surface area (Å²) in [6.45, 7) is 0. The average molecular weight is 971 g/mol. The van der Waals surface area contributed by atoms with Crippen LogP contribution in [-0.4, -0.2) is 24.5 Å². The van der Waals surface area contributed by atoms with Gasteiger partial charge >= 0.3 is 42.1 Å². The molecule has 4 aromatic carbocycles. The normalized spacial score (nSPS) is 10.9. The molecule has 47 heavy (non-hydrogen) atoms. The summed E-state index contributed by atoms with van der Waals surface area (Å²) in [6, 6.07) is 45.4. The Morgan fingerprint density at radius 2 is 1.00 bits per heavy atom. The molecule has 4 heterocycles. The van der Waals surface area contributed by atoms with Crippen LogP contribution in [0.2, 0.25) is 0 Å². The Balaban J connectivity index is 0.00000201. The second-order valence-electron chi connectivity index (χ2n) is 9.98. The summed E-state index contributed by atoms with van der Waals surface area (Å²) in [5, 5.41) is 1.78. The molecule has 8 aromatic rings. The van der Waals surface area contributed by atoms with Crippen molar-refractivity contribution < 1.29 is 53.0 Å². The van der Waals surface area contributed by atoms with Gasteiger partial charge in [0.25, 0.3) is 0 Å². The first-order chi connectivity index (χ1) is 22.7. The van der Waals surface area contributed by atoms with Crippen molar-refractivity contribution in [3.63, 3.8) is 0 Å². The molecule has 0 saturated heterocycles. The standard InChI is InChI=1S/C38H21N5O2.2Pt/c1-3-18-39-34(12-1)26-8-5-10-28(22-26)44-30-14-16-32-33-17-15-31(25-37(33)43(36(32)24-30)38-41-20-7-21-42-38)45-29-11-6-9-27(23-29)35-13-2-4-19-40-35;;/h1-21H;;/q-4;2*+2/i20D;;. The summed E-state index contributed by atoms with van der Waals surface area (Å²) >= 11 is 0. The minimum atomic E-state index is 0. The van der Waals surface area contributed by atoms with Gasteiger partial charge in [-0.05, 0) is 29.6 Å². The van der Waals surface area contributed by atoms with E-state index in [0.29, 0.717) is 40.0 Å². The second-order valence-corrected chi connectivity index (χ2v) is 9.98. The van der Waals surface area contributed by atoms with E-state index in [0.717, 1.165) is 33.3 Å². The number of rotatable bonds is 7. The number of benzene rings is 4. The van der Waals surface area contributed by atoms with E-state index in [4.69, 9.17) is 10.8 Å². The van der Waals surface area contributed by atoms with Crippen molar-refractivity contribution in [2.45, 2.75) is 0 Å². The minimum absolute atomic E-state index is 0. The molecule has 0 radical (unpaired) electrons. The Hall–Kier alpha value is -4.96. The van der Waals surface area contributed by atoms with Gasteiger partial charge in [-0.1, -0.05) is 47.4 Å². The van der Waals surface area contributed by atoms with E-state index >= 15 is 0 Å². The van der Waals surface area contributed by atoms with Crippen molar-refractivity contribution in [3.8, 4) is 51.5 Å². The zero-order valence-corrected chi connectivity index (χ0v) is 28.8. The fourth-order valence-electron chi connectivity index (χ4n) is 5.11. The Bertz CT molecular complexity index is 2210. The molecule has 0 unspecified atom stereocenters. The summed E-state index contributed by atoms with van der Waals surface area (Å²) in [7, 11) is 0. The van der Waals surface area contributed by atoms with E-state index in [-0.39, 0.29) is 48.3 Å². The van der Waals surface area contributed by atoms with Crippen molar-refractivity contribution in [1.82, 2.24) is 24.5 Å². The van der Waals surface area contributed by atoms with Crippen LogP contribution < -0.4 is 9.47 Å². The number of hydrogen-bond acceptors (Lipinski definition) is 6. The molecule has 0 spiro atoms. The van der Waals surface area contributed by atoms with Gasteiger partial charge in [0.15, 0.2) is 0 Å². The SMILES string of the molecule is [2H]c1ccnc(-n2c3[c-]c(Oc4[c-]c(-c5ccccn5)ccc4)ccc3c3ccc(Oc4[c-]c(-c5ccccn5)ccc4)[c-]c32)n1.[Pt+2].[Pt+2]. The van der Waals surface area contributed by atoms with Crippen LogP contribution in [0.25, 0.3) is 50.3 Å². The zero-order valence-electron chi connectivity index (χ0n) is 25.2. The molecule has 0 saturated carbocycles. The zero-order chi connectivity index (χ0) is 30.9. The number of fused-ring (bicyclic) bond motifs is 3. The van der Waals surface area contributed by atoms with Gasteiger partial charge in [-0.2, -0.15) is 22.9 Å². The fourth-order valence-corrected chi connectivity index (χ4v) is 5.11. The number of nitrogens with zero attached hydrogens (tertiary/aromatic N) is 5. The molecule has 4 aromatic heterocycles. The van der Waals surface area contributed by atoms with Crippen molar-refractivity contribution in [1.29, 1.82) is 0 Å². The number of hydrogen-bond donors (Lipinski definition) is 0. The van der Waals surface area contributed by atoms with Crippen molar-refractivity contribution in [2.75, 3.05) is 0 Å². The van der Waals surface area contributed by atoms with Gasteiger partial charge < -0.3 is 24.0 Å². The largest absolute Gasteiger partial charge is 2.00 e.